The molecule has 0 fully saturated rings. The number of anilines is 3. The van der Waals surface area contributed by atoms with Crippen LogP contribution in [0.15, 0.2) is 48.5 Å². The van der Waals surface area contributed by atoms with Gasteiger partial charge in [0.15, 0.2) is 0 Å². The molecule has 0 saturated carbocycles. The lowest BCUT2D eigenvalue weighted by molar-refractivity contribution is 0.821. The Kier molecular flexibility index (Phi) is 3.13. The lowest BCUT2D eigenvalue weighted by Crippen LogP contribution is -2.36. The van der Waals surface area contributed by atoms with Gasteiger partial charge in [0.25, 0.3) is 0 Å². The fourth-order valence-corrected chi connectivity index (χ4v) is 2.63. The van der Waals surface area contributed by atoms with E-state index in [0.717, 1.165) is 13.1 Å². The third-order valence-corrected chi connectivity index (χ3v) is 3.70. The first-order valence-corrected chi connectivity index (χ1v) is 6.66. The zero-order chi connectivity index (χ0) is 13.2. The summed E-state index contributed by atoms with van der Waals surface area (Å²) in [5.41, 5.74) is 10.7. The van der Waals surface area contributed by atoms with E-state index in [1.165, 1.54) is 22.6 Å². The van der Waals surface area contributed by atoms with Gasteiger partial charge in [-0.2, -0.15) is 0 Å². The molecule has 0 amide bonds. The van der Waals surface area contributed by atoms with Crippen LogP contribution in [-0.4, -0.2) is 20.1 Å². The number of likely N-dealkylation sites (N-methyl/N-ethyl adjacent to an activating group) is 1. The molecule has 0 aromatic heterocycles. The van der Waals surface area contributed by atoms with Crippen LogP contribution in [0.1, 0.15) is 5.56 Å². The van der Waals surface area contributed by atoms with Crippen molar-refractivity contribution in [2.45, 2.75) is 6.54 Å². The van der Waals surface area contributed by atoms with E-state index in [1.54, 1.807) is 0 Å². The lowest BCUT2D eigenvalue weighted by Gasteiger charge is -2.37. The summed E-state index contributed by atoms with van der Waals surface area (Å²) in [4.78, 5) is 4.67. The molecule has 0 spiro atoms. The molecular weight excluding hydrogens is 234 g/mol. The quantitative estimate of drug-likeness (QED) is 0.893. The first-order valence-electron chi connectivity index (χ1n) is 6.66. The molecule has 0 aliphatic carbocycles. The van der Waals surface area contributed by atoms with Crippen molar-refractivity contribution in [3.05, 3.63) is 54.1 Å². The van der Waals surface area contributed by atoms with Crippen LogP contribution >= 0.6 is 0 Å². The molecule has 98 valence electrons. The van der Waals surface area contributed by atoms with Crippen LogP contribution in [0.25, 0.3) is 0 Å². The molecule has 0 saturated heterocycles. The van der Waals surface area contributed by atoms with Gasteiger partial charge in [0.1, 0.15) is 0 Å². The maximum absolute atomic E-state index is 5.74. The van der Waals surface area contributed by atoms with Crippen molar-refractivity contribution in [2.75, 3.05) is 29.9 Å². The fourth-order valence-electron chi connectivity index (χ4n) is 2.63. The van der Waals surface area contributed by atoms with Crippen molar-refractivity contribution in [1.82, 2.24) is 0 Å². The molecule has 1 heterocycles. The summed E-state index contributed by atoms with van der Waals surface area (Å²) in [6.07, 6.45) is 0. The number of hydrogen-bond donors (Lipinski definition) is 1. The molecule has 1 aliphatic heterocycles. The van der Waals surface area contributed by atoms with Crippen molar-refractivity contribution in [3.8, 4) is 0 Å². The van der Waals surface area contributed by atoms with Gasteiger partial charge < -0.3 is 15.5 Å². The third-order valence-electron chi connectivity index (χ3n) is 3.70. The van der Waals surface area contributed by atoms with Crippen LogP contribution in [0.3, 0.4) is 0 Å². The summed E-state index contributed by atoms with van der Waals surface area (Å²) in [6.45, 7) is 2.62. The summed E-state index contributed by atoms with van der Waals surface area (Å²) in [5, 5.41) is 0. The van der Waals surface area contributed by atoms with Gasteiger partial charge in [-0.25, -0.2) is 0 Å². The van der Waals surface area contributed by atoms with Gasteiger partial charge in [-0.3, -0.25) is 0 Å². The molecule has 0 unspecified atom stereocenters. The van der Waals surface area contributed by atoms with Crippen molar-refractivity contribution in [3.63, 3.8) is 0 Å². The molecule has 0 atom stereocenters. The van der Waals surface area contributed by atoms with Crippen LogP contribution in [0, 0.1) is 0 Å². The fraction of sp³-hybridized carbons (Fsp3) is 0.250. The number of rotatable bonds is 2. The molecule has 3 nitrogen and oxygen atoms in total. The van der Waals surface area contributed by atoms with E-state index in [1.807, 2.05) is 0 Å². The van der Waals surface area contributed by atoms with Gasteiger partial charge in [-0.15, -0.1) is 0 Å². The highest BCUT2D eigenvalue weighted by Gasteiger charge is 2.20. The van der Waals surface area contributed by atoms with E-state index in [-0.39, 0.29) is 0 Å². The standard InChI is InChI=1S/C16H19N3/c1-18-9-10-19(16-8-3-2-7-15(16)18)14-6-4-5-13(11-14)12-17/h2-8,11H,9-10,12,17H2,1H3. The number of fused-ring (bicyclic) bond motifs is 1. The second-order valence-electron chi connectivity index (χ2n) is 4.94. The van der Waals surface area contributed by atoms with E-state index in [2.05, 4.69) is 65.4 Å². The first kappa shape index (κ1) is 12.1. The monoisotopic (exact) mass is 253 g/mol. The van der Waals surface area contributed by atoms with E-state index in [9.17, 15) is 0 Å². The van der Waals surface area contributed by atoms with E-state index < -0.39 is 0 Å². The highest BCUT2D eigenvalue weighted by Crippen LogP contribution is 2.36. The van der Waals surface area contributed by atoms with E-state index >= 15 is 0 Å². The summed E-state index contributed by atoms with van der Waals surface area (Å²) in [5.74, 6) is 0. The molecule has 3 rings (SSSR count). The average Bonchev–Trinajstić information content (AvgIpc) is 2.48. The minimum absolute atomic E-state index is 0.587. The molecule has 0 bridgehead atoms. The first-order chi connectivity index (χ1) is 9.29. The predicted octanol–water partition coefficient (Wildman–Crippen LogP) is 2.73. The second kappa shape index (κ2) is 4.94. The van der Waals surface area contributed by atoms with Gasteiger partial charge in [0.05, 0.1) is 11.4 Å². The normalized spacial score (nSPS) is 14.4. The molecule has 19 heavy (non-hydrogen) atoms. The van der Waals surface area contributed by atoms with Crippen molar-refractivity contribution in [2.24, 2.45) is 5.73 Å². The van der Waals surface area contributed by atoms with Crippen LogP contribution < -0.4 is 15.5 Å². The maximum atomic E-state index is 5.74. The predicted molar refractivity (Wildman–Crippen MR) is 81.1 cm³/mol. The summed E-state index contributed by atoms with van der Waals surface area (Å²) >= 11 is 0. The SMILES string of the molecule is CN1CCN(c2cccc(CN)c2)c2ccccc21. The number of hydrogen-bond acceptors (Lipinski definition) is 3. The summed E-state index contributed by atoms with van der Waals surface area (Å²) in [7, 11) is 2.15. The van der Waals surface area contributed by atoms with Crippen molar-refractivity contribution in [1.29, 1.82) is 0 Å². The van der Waals surface area contributed by atoms with Gasteiger partial charge in [0.2, 0.25) is 0 Å². The van der Waals surface area contributed by atoms with Crippen LogP contribution in [-0.2, 0) is 6.54 Å². The number of nitrogens with two attached hydrogens (primary N) is 1. The largest absolute Gasteiger partial charge is 0.371 e. The highest BCUT2D eigenvalue weighted by atomic mass is 15.3. The highest BCUT2D eigenvalue weighted by molar-refractivity contribution is 5.79. The molecule has 2 N–H and O–H groups in total. The molecule has 3 heteroatoms. The Balaban J connectivity index is 2.04. The smallest absolute Gasteiger partial charge is 0.0649 e. The van der Waals surface area contributed by atoms with Crippen LogP contribution in [0.5, 0.6) is 0 Å². The Morgan fingerprint density at radius 2 is 1.79 bits per heavy atom. The summed E-state index contributed by atoms with van der Waals surface area (Å²) < 4.78 is 0. The Labute approximate surface area is 114 Å². The van der Waals surface area contributed by atoms with Gasteiger partial charge in [-0.05, 0) is 29.8 Å². The maximum Gasteiger partial charge on any atom is 0.0649 e. The average molecular weight is 253 g/mol. The Hall–Kier alpha value is -2.00. The van der Waals surface area contributed by atoms with E-state index in [4.69, 9.17) is 5.73 Å². The molecule has 1 aliphatic rings. The van der Waals surface area contributed by atoms with Gasteiger partial charge in [-0.1, -0.05) is 24.3 Å². The second-order valence-corrected chi connectivity index (χ2v) is 4.94. The third kappa shape index (κ3) is 2.17. The van der Waals surface area contributed by atoms with Crippen LogP contribution in [0.2, 0.25) is 0 Å². The minimum Gasteiger partial charge on any atom is -0.371 e. The van der Waals surface area contributed by atoms with Gasteiger partial charge in [0, 0.05) is 32.4 Å². The molecule has 2 aromatic rings. The molecule has 2 aromatic carbocycles. The number of para-hydroxylation sites is 2. The number of benzene rings is 2. The zero-order valence-corrected chi connectivity index (χ0v) is 11.2. The molecular formula is C16H19N3. The summed E-state index contributed by atoms with van der Waals surface area (Å²) in [6, 6.07) is 17.0. The van der Waals surface area contributed by atoms with Gasteiger partial charge >= 0.3 is 0 Å². The number of nitrogens with zero attached hydrogens (tertiary/aromatic N) is 2. The Bertz CT molecular complexity index is 580. The Morgan fingerprint density at radius 1 is 1.00 bits per heavy atom. The van der Waals surface area contributed by atoms with Crippen molar-refractivity contribution >= 4 is 17.1 Å². The Morgan fingerprint density at radius 3 is 2.58 bits per heavy atom. The van der Waals surface area contributed by atoms with Crippen molar-refractivity contribution < 1.29 is 0 Å². The van der Waals surface area contributed by atoms with E-state index in [0.29, 0.717) is 6.54 Å². The van der Waals surface area contributed by atoms with Crippen LogP contribution in [0.4, 0.5) is 17.1 Å². The minimum atomic E-state index is 0.587. The topological polar surface area (TPSA) is 32.5 Å². The zero-order valence-electron chi connectivity index (χ0n) is 11.2. The lowest BCUT2D eigenvalue weighted by atomic mass is 10.1. The molecule has 0 radical (unpaired) electrons.